The molecule has 0 aliphatic carbocycles. The maximum absolute atomic E-state index is 11.2. The number of carbonyl (C=O) groups is 2. The summed E-state index contributed by atoms with van der Waals surface area (Å²) in [6.45, 7) is 4.02. The van der Waals surface area contributed by atoms with E-state index >= 15 is 0 Å². The molecule has 1 unspecified atom stereocenters. The number of likely N-dealkylation sites (tertiary alicyclic amines) is 1. The van der Waals surface area contributed by atoms with Crippen LogP contribution in [-0.2, 0) is 9.59 Å². The molecule has 1 fully saturated rings. The summed E-state index contributed by atoms with van der Waals surface area (Å²) in [5.41, 5.74) is 0. The van der Waals surface area contributed by atoms with Crippen molar-refractivity contribution in [2.75, 3.05) is 13.6 Å². The first-order chi connectivity index (χ1) is 5.65. The smallest absolute Gasteiger partial charge is 0.244 e. The van der Waals surface area contributed by atoms with E-state index in [1.165, 1.54) is 6.08 Å². The zero-order valence-electron chi connectivity index (χ0n) is 7.04. The van der Waals surface area contributed by atoms with Gasteiger partial charge in [0.25, 0.3) is 0 Å². The summed E-state index contributed by atoms with van der Waals surface area (Å²) < 4.78 is 0. The fraction of sp³-hybridized carbons (Fsp3) is 0.500. The van der Waals surface area contributed by atoms with Crippen molar-refractivity contribution < 1.29 is 9.59 Å². The molecule has 1 N–H and O–H groups in total. The Bertz CT molecular complexity index is 225. The third-order valence-corrected chi connectivity index (χ3v) is 1.93. The Labute approximate surface area is 71.2 Å². The standard InChI is InChI=1S/C8H12N2O2/c1-3-7(11)9-6-4-5-10(2)8(6)12/h3,6H,1,4-5H2,2H3,(H,9,11). The topological polar surface area (TPSA) is 49.4 Å². The van der Waals surface area contributed by atoms with Crippen molar-refractivity contribution >= 4 is 11.8 Å². The lowest BCUT2D eigenvalue weighted by Gasteiger charge is -2.10. The summed E-state index contributed by atoms with van der Waals surface area (Å²) >= 11 is 0. The number of nitrogens with one attached hydrogen (secondary N) is 1. The van der Waals surface area contributed by atoms with Gasteiger partial charge in [-0.2, -0.15) is 0 Å². The molecule has 0 spiro atoms. The molecule has 4 nitrogen and oxygen atoms in total. The highest BCUT2D eigenvalue weighted by atomic mass is 16.2. The van der Waals surface area contributed by atoms with Gasteiger partial charge in [-0.3, -0.25) is 9.59 Å². The predicted octanol–water partition coefficient (Wildman–Crippen LogP) is -0.481. The van der Waals surface area contributed by atoms with Gasteiger partial charge in [0.2, 0.25) is 11.8 Å². The van der Waals surface area contributed by atoms with Gasteiger partial charge >= 0.3 is 0 Å². The second-order valence-corrected chi connectivity index (χ2v) is 2.81. The molecular formula is C8H12N2O2. The van der Waals surface area contributed by atoms with Crippen molar-refractivity contribution in [2.45, 2.75) is 12.5 Å². The van der Waals surface area contributed by atoms with Crippen LogP contribution in [0.4, 0.5) is 0 Å². The Hall–Kier alpha value is -1.32. The van der Waals surface area contributed by atoms with Crippen LogP contribution >= 0.6 is 0 Å². The zero-order chi connectivity index (χ0) is 9.14. The van der Waals surface area contributed by atoms with Crippen LogP contribution in [-0.4, -0.2) is 36.3 Å². The van der Waals surface area contributed by atoms with Crippen LogP contribution in [0.5, 0.6) is 0 Å². The molecular weight excluding hydrogens is 156 g/mol. The van der Waals surface area contributed by atoms with E-state index in [9.17, 15) is 9.59 Å². The molecule has 0 aromatic heterocycles. The summed E-state index contributed by atoms with van der Waals surface area (Å²) in [6, 6.07) is -0.347. The average molecular weight is 168 g/mol. The minimum absolute atomic E-state index is 0.0230. The Morgan fingerprint density at radius 1 is 1.83 bits per heavy atom. The maximum atomic E-state index is 11.2. The van der Waals surface area contributed by atoms with E-state index < -0.39 is 0 Å². The Balaban J connectivity index is 2.49. The fourth-order valence-electron chi connectivity index (χ4n) is 1.19. The SMILES string of the molecule is C=CC(=O)NC1CCN(C)C1=O. The molecule has 0 aromatic carbocycles. The molecule has 66 valence electrons. The Morgan fingerprint density at radius 2 is 2.50 bits per heavy atom. The zero-order valence-corrected chi connectivity index (χ0v) is 7.04. The lowest BCUT2D eigenvalue weighted by atomic mass is 10.2. The first-order valence-corrected chi connectivity index (χ1v) is 3.83. The lowest BCUT2D eigenvalue weighted by molar-refractivity contribution is -0.130. The first-order valence-electron chi connectivity index (χ1n) is 3.83. The van der Waals surface area contributed by atoms with Crippen LogP contribution in [0.25, 0.3) is 0 Å². The minimum atomic E-state index is -0.347. The van der Waals surface area contributed by atoms with E-state index in [-0.39, 0.29) is 17.9 Å². The summed E-state index contributed by atoms with van der Waals surface area (Å²) in [7, 11) is 1.72. The van der Waals surface area contributed by atoms with Crippen molar-refractivity contribution in [1.82, 2.24) is 10.2 Å². The molecule has 1 saturated heterocycles. The Morgan fingerprint density at radius 3 is 2.92 bits per heavy atom. The summed E-state index contributed by atoms with van der Waals surface area (Å²) in [5.74, 6) is -0.311. The highest BCUT2D eigenvalue weighted by molar-refractivity contribution is 5.93. The summed E-state index contributed by atoms with van der Waals surface area (Å²) in [4.78, 5) is 23.7. The summed E-state index contributed by atoms with van der Waals surface area (Å²) in [6.07, 6.45) is 1.86. The normalized spacial score (nSPS) is 22.6. The lowest BCUT2D eigenvalue weighted by Crippen LogP contribution is -2.39. The second-order valence-electron chi connectivity index (χ2n) is 2.81. The number of nitrogens with zero attached hydrogens (tertiary/aromatic N) is 1. The molecule has 0 bridgehead atoms. The third kappa shape index (κ3) is 1.64. The van der Waals surface area contributed by atoms with E-state index in [0.717, 1.165) is 0 Å². The Kier molecular flexibility index (Phi) is 2.47. The summed E-state index contributed by atoms with van der Waals surface area (Å²) in [5, 5.41) is 2.56. The van der Waals surface area contributed by atoms with Crippen molar-refractivity contribution in [2.24, 2.45) is 0 Å². The molecule has 0 aromatic rings. The largest absolute Gasteiger partial charge is 0.344 e. The predicted molar refractivity (Wildman–Crippen MR) is 44.4 cm³/mol. The molecule has 1 atom stereocenters. The number of carbonyl (C=O) groups excluding carboxylic acids is 2. The number of rotatable bonds is 2. The van der Waals surface area contributed by atoms with Gasteiger partial charge in [0.1, 0.15) is 6.04 Å². The van der Waals surface area contributed by atoms with E-state index in [1.807, 2.05) is 0 Å². The molecule has 1 heterocycles. The molecule has 0 radical (unpaired) electrons. The van der Waals surface area contributed by atoms with Crippen LogP contribution in [0.15, 0.2) is 12.7 Å². The van der Waals surface area contributed by atoms with E-state index in [0.29, 0.717) is 13.0 Å². The van der Waals surface area contributed by atoms with Gasteiger partial charge in [0.05, 0.1) is 0 Å². The molecule has 1 rings (SSSR count). The van der Waals surface area contributed by atoms with Crippen molar-refractivity contribution in [3.05, 3.63) is 12.7 Å². The van der Waals surface area contributed by atoms with Gasteiger partial charge in [-0.1, -0.05) is 6.58 Å². The molecule has 4 heteroatoms. The molecule has 1 aliphatic heterocycles. The molecule has 0 saturated carbocycles. The molecule has 1 aliphatic rings. The van der Waals surface area contributed by atoms with Crippen molar-refractivity contribution in [3.8, 4) is 0 Å². The van der Waals surface area contributed by atoms with Crippen molar-refractivity contribution in [1.29, 1.82) is 0 Å². The van der Waals surface area contributed by atoms with Crippen LogP contribution in [0.3, 0.4) is 0 Å². The van der Waals surface area contributed by atoms with E-state index in [2.05, 4.69) is 11.9 Å². The monoisotopic (exact) mass is 168 g/mol. The number of likely N-dealkylation sites (N-methyl/N-ethyl adjacent to an activating group) is 1. The quantitative estimate of drug-likeness (QED) is 0.566. The number of hydrogen-bond acceptors (Lipinski definition) is 2. The fourth-order valence-corrected chi connectivity index (χ4v) is 1.19. The first kappa shape index (κ1) is 8.77. The molecule has 12 heavy (non-hydrogen) atoms. The highest BCUT2D eigenvalue weighted by Gasteiger charge is 2.29. The van der Waals surface area contributed by atoms with E-state index in [4.69, 9.17) is 0 Å². The number of amides is 2. The van der Waals surface area contributed by atoms with Gasteiger partial charge in [-0.15, -0.1) is 0 Å². The third-order valence-electron chi connectivity index (χ3n) is 1.93. The van der Waals surface area contributed by atoms with Gasteiger partial charge in [0, 0.05) is 13.6 Å². The van der Waals surface area contributed by atoms with Gasteiger partial charge in [-0.05, 0) is 12.5 Å². The van der Waals surface area contributed by atoms with Gasteiger partial charge in [-0.25, -0.2) is 0 Å². The molecule has 2 amide bonds. The second kappa shape index (κ2) is 3.38. The average Bonchev–Trinajstić information content (AvgIpc) is 2.36. The van der Waals surface area contributed by atoms with Crippen LogP contribution < -0.4 is 5.32 Å². The van der Waals surface area contributed by atoms with E-state index in [1.54, 1.807) is 11.9 Å². The van der Waals surface area contributed by atoms with Crippen LogP contribution in [0.2, 0.25) is 0 Å². The van der Waals surface area contributed by atoms with Gasteiger partial charge in [0.15, 0.2) is 0 Å². The highest BCUT2D eigenvalue weighted by Crippen LogP contribution is 2.07. The van der Waals surface area contributed by atoms with Crippen molar-refractivity contribution in [3.63, 3.8) is 0 Å². The number of hydrogen-bond donors (Lipinski definition) is 1. The minimum Gasteiger partial charge on any atom is -0.344 e. The van der Waals surface area contributed by atoms with Crippen LogP contribution in [0.1, 0.15) is 6.42 Å². The maximum Gasteiger partial charge on any atom is 0.244 e. The van der Waals surface area contributed by atoms with Gasteiger partial charge < -0.3 is 10.2 Å². The van der Waals surface area contributed by atoms with Crippen LogP contribution in [0, 0.1) is 0 Å².